The van der Waals surface area contributed by atoms with Gasteiger partial charge in [0.25, 0.3) is 0 Å². The van der Waals surface area contributed by atoms with Gasteiger partial charge in [0.05, 0.1) is 31.1 Å². The summed E-state index contributed by atoms with van der Waals surface area (Å²) >= 11 is 0. The van der Waals surface area contributed by atoms with Crippen LogP contribution in [0.15, 0.2) is 22.7 Å². The molecule has 0 radical (unpaired) electrons. The van der Waals surface area contributed by atoms with Gasteiger partial charge < -0.3 is 14.0 Å². The smallest absolute Gasteiger partial charge is 0.226 e. The zero-order chi connectivity index (χ0) is 19.8. The minimum atomic E-state index is -2.91. The van der Waals surface area contributed by atoms with Crippen molar-refractivity contribution < 1.29 is 22.4 Å². The van der Waals surface area contributed by atoms with Crippen molar-refractivity contribution in [1.82, 2.24) is 10.1 Å². The van der Waals surface area contributed by atoms with Crippen molar-refractivity contribution in [2.24, 2.45) is 5.92 Å². The number of rotatable bonds is 6. The van der Waals surface area contributed by atoms with Gasteiger partial charge in [0.2, 0.25) is 5.89 Å². The van der Waals surface area contributed by atoms with Crippen molar-refractivity contribution in [3.63, 3.8) is 0 Å². The van der Waals surface area contributed by atoms with E-state index in [2.05, 4.69) is 5.16 Å². The Bertz CT molecular complexity index is 947. The molecule has 2 fully saturated rings. The number of hydrogen-bond acceptors (Lipinski definition) is 7. The second-order valence-electron chi connectivity index (χ2n) is 7.84. The molecule has 8 heteroatoms. The maximum atomic E-state index is 11.7. The molecule has 0 amide bonds. The van der Waals surface area contributed by atoms with E-state index < -0.39 is 9.84 Å². The molecule has 152 valence electrons. The highest BCUT2D eigenvalue weighted by molar-refractivity contribution is 7.91. The first-order valence-corrected chi connectivity index (χ1v) is 11.5. The van der Waals surface area contributed by atoms with E-state index in [1.807, 2.05) is 18.2 Å². The lowest BCUT2D eigenvalue weighted by Gasteiger charge is -2.26. The molecule has 2 aromatic rings. The van der Waals surface area contributed by atoms with Crippen LogP contribution in [0.2, 0.25) is 0 Å². The van der Waals surface area contributed by atoms with E-state index in [0.29, 0.717) is 36.1 Å². The molecule has 1 aromatic heterocycles. The van der Waals surface area contributed by atoms with Crippen LogP contribution in [0.3, 0.4) is 0 Å². The molecule has 0 bridgehead atoms. The number of methoxy groups -OCH3 is 2. The van der Waals surface area contributed by atoms with Crippen LogP contribution in [0.1, 0.15) is 49.4 Å². The number of nitrogens with zero attached hydrogens (tertiary/aromatic N) is 2. The molecule has 1 aliphatic heterocycles. The van der Waals surface area contributed by atoms with E-state index >= 15 is 0 Å². The zero-order valence-corrected chi connectivity index (χ0v) is 17.1. The summed E-state index contributed by atoms with van der Waals surface area (Å²) in [5, 5.41) is 4.32. The van der Waals surface area contributed by atoms with Crippen LogP contribution < -0.4 is 9.47 Å². The van der Waals surface area contributed by atoms with E-state index in [9.17, 15) is 8.42 Å². The molecule has 4 rings (SSSR count). The Morgan fingerprint density at radius 3 is 2.57 bits per heavy atom. The summed E-state index contributed by atoms with van der Waals surface area (Å²) < 4.78 is 39.8. The van der Waals surface area contributed by atoms with Crippen molar-refractivity contribution in [1.29, 1.82) is 0 Å². The highest BCUT2D eigenvalue weighted by Gasteiger charge is 2.42. The van der Waals surface area contributed by atoms with Crippen molar-refractivity contribution >= 4 is 9.84 Å². The van der Waals surface area contributed by atoms with Crippen LogP contribution >= 0.6 is 0 Å². The molecule has 1 saturated carbocycles. The van der Waals surface area contributed by atoms with Gasteiger partial charge in [0.1, 0.15) is 0 Å². The minimum absolute atomic E-state index is 0.0684. The number of hydrogen-bond donors (Lipinski definition) is 0. The van der Waals surface area contributed by atoms with Crippen molar-refractivity contribution in [2.45, 2.75) is 43.9 Å². The third kappa shape index (κ3) is 3.50. The fourth-order valence-corrected chi connectivity index (χ4v) is 6.43. The summed E-state index contributed by atoms with van der Waals surface area (Å²) in [7, 11) is 0.343. The lowest BCUT2D eigenvalue weighted by molar-refractivity contribution is 0.343. The largest absolute Gasteiger partial charge is 0.493 e. The monoisotopic (exact) mass is 406 g/mol. The van der Waals surface area contributed by atoms with Crippen LogP contribution in [0, 0.1) is 5.92 Å². The van der Waals surface area contributed by atoms with E-state index in [1.54, 1.807) is 14.2 Å². The Hall–Kier alpha value is -2.09. The predicted molar refractivity (Wildman–Crippen MR) is 104 cm³/mol. The quantitative estimate of drug-likeness (QED) is 0.728. The van der Waals surface area contributed by atoms with Gasteiger partial charge in [0.15, 0.2) is 27.2 Å². The first-order chi connectivity index (χ1) is 13.5. The number of ether oxygens (including phenoxy) is 2. The Labute approximate surface area is 165 Å². The molecule has 1 atom stereocenters. The molecule has 0 spiro atoms. The maximum absolute atomic E-state index is 11.7. The first-order valence-electron chi connectivity index (χ1n) is 9.72. The Morgan fingerprint density at radius 1 is 1.18 bits per heavy atom. The normalized spacial score (nSPS) is 23.0. The Morgan fingerprint density at radius 2 is 1.93 bits per heavy atom. The molecule has 1 aromatic carbocycles. The first kappa shape index (κ1) is 19.2. The van der Waals surface area contributed by atoms with Crippen LogP contribution in [0.4, 0.5) is 0 Å². The van der Waals surface area contributed by atoms with E-state index in [4.69, 9.17) is 19.0 Å². The molecule has 0 unspecified atom stereocenters. The second-order valence-corrected chi connectivity index (χ2v) is 10.1. The average Bonchev–Trinajstić information content (AvgIpc) is 3.42. The molecule has 2 aliphatic rings. The molecule has 1 aliphatic carbocycles. The Balaban J connectivity index is 1.63. The van der Waals surface area contributed by atoms with Gasteiger partial charge in [-0.1, -0.05) is 24.1 Å². The lowest BCUT2D eigenvalue weighted by atomic mass is 9.78. The summed E-state index contributed by atoms with van der Waals surface area (Å²) in [5.74, 6) is 3.14. The second kappa shape index (κ2) is 7.39. The number of sulfone groups is 1. The summed E-state index contributed by atoms with van der Waals surface area (Å²) in [4.78, 5) is 4.71. The third-order valence-corrected chi connectivity index (χ3v) is 7.92. The lowest BCUT2D eigenvalue weighted by Crippen LogP contribution is -2.25. The molecule has 7 nitrogen and oxygen atoms in total. The Kier molecular flexibility index (Phi) is 5.07. The van der Waals surface area contributed by atoms with Gasteiger partial charge in [-0.2, -0.15) is 4.98 Å². The van der Waals surface area contributed by atoms with Crippen LogP contribution in [-0.4, -0.2) is 44.3 Å². The van der Waals surface area contributed by atoms with Crippen molar-refractivity contribution in [3.05, 3.63) is 35.5 Å². The standard InChI is InChI=1S/C20H26N2O5S/c1-25-16-6-5-15(12-17(16)26-2)20(8-3-4-9-20)19-21-18(27-22-19)11-14-7-10-28(23,24)13-14/h5-6,12,14H,3-4,7-11,13H2,1-2H3/t14-/m0/s1. The zero-order valence-electron chi connectivity index (χ0n) is 16.3. The highest BCUT2D eigenvalue weighted by atomic mass is 32.2. The number of aromatic nitrogens is 2. The highest BCUT2D eigenvalue weighted by Crippen LogP contribution is 2.47. The predicted octanol–water partition coefficient (Wildman–Crippen LogP) is 2.92. The fraction of sp³-hybridized carbons (Fsp3) is 0.600. The molecular weight excluding hydrogens is 380 g/mol. The van der Waals surface area contributed by atoms with E-state index in [-0.39, 0.29) is 22.8 Å². The van der Waals surface area contributed by atoms with E-state index in [1.165, 1.54) is 0 Å². The summed E-state index contributed by atoms with van der Waals surface area (Å²) in [6.07, 6.45) is 5.27. The van der Waals surface area contributed by atoms with Crippen LogP contribution in [-0.2, 0) is 21.7 Å². The van der Waals surface area contributed by atoms with Crippen molar-refractivity contribution in [2.75, 3.05) is 25.7 Å². The topological polar surface area (TPSA) is 91.5 Å². The van der Waals surface area contributed by atoms with Gasteiger partial charge in [-0.05, 0) is 42.9 Å². The maximum Gasteiger partial charge on any atom is 0.226 e. The third-order valence-electron chi connectivity index (χ3n) is 6.08. The SMILES string of the molecule is COc1ccc(C2(c3noc(C[C@@H]4CCS(=O)(=O)C4)n3)CCCC2)cc1OC. The molecular formula is C20H26N2O5S. The van der Waals surface area contributed by atoms with Gasteiger partial charge in [-0.25, -0.2) is 8.42 Å². The molecule has 28 heavy (non-hydrogen) atoms. The average molecular weight is 407 g/mol. The van der Waals surface area contributed by atoms with Gasteiger partial charge in [0, 0.05) is 6.42 Å². The molecule has 2 heterocycles. The summed E-state index contributed by atoms with van der Waals surface area (Å²) in [5.41, 5.74) is 0.793. The van der Waals surface area contributed by atoms with E-state index in [0.717, 1.165) is 31.2 Å². The van der Waals surface area contributed by atoms with Gasteiger partial charge in [-0.15, -0.1) is 0 Å². The fourth-order valence-electron chi connectivity index (χ4n) is 4.57. The molecule has 1 saturated heterocycles. The summed E-state index contributed by atoms with van der Waals surface area (Å²) in [6.45, 7) is 0. The molecule has 0 N–H and O–H groups in total. The number of benzene rings is 1. The summed E-state index contributed by atoms with van der Waals surface area (Å²) in [6, 6.07) is 5.97. The van der Waals surface area contributed by atoms with Crippen LogP contribution in [0.25, 0.3) is 0 Å². The minimum Gasteiger partial charge on any atom is -0.493 e. The van der Waals surface area contributed by atoms with Crippen LogP contribution in [0.5, 0.6) is 11.5 Å². The van der Waals surface area contributed by atoms with Gasteiger partial charge >= 0.3 is 0 Å². The van der Waals surface area contributed by atoms with Gasteiger partial charge in [-0.3, -0.25) is 0 Å². The van der Waals surface area contributed by atoms with Crippen molar-refractivity contribution in [3.8, 4) is 11.5 Å².